The number of alkyl halides is 3. The van der Waals surface area contributed by atoms with Gasteiger partial charge < -0.3 is 14.8 Å². The second-order valence-corrected chi connectivity index (χ2v) is 5.79. The van der Waals surface area contributed by atoms with Gasteiger partial charge in [-0.25, -0.2) is 0 Å². The van der Waals surface area contributed by atoms with Gasteiger partial charge in [0, 0.05) is 29.8 Å². The second-order valence-electron chi connectivity index (χ2n) is 5.79. The van der Waals surface area contributed by atoms with E-state index in [0.717, 1.165) is 0 Å². The average Bonchev–Trinajstić information content (AvgIpc) is 3.01. The van der Waals surface area contributed by atoms with Gasteiger partial charge >= 0.3 is 6.18 Å². The molecule has 6 nitrogen and oxygen atoms in total. The molecular weight excluding hydrogens is 351 g/mol. The maximum Gasteiger partial charge on any atom is 0.435 e. The van der Waals surface area contributed by atoms with Crippen LogP contribution >= 0.6 is 0 Å². The third-order valence-electron chi connectivity index (χ3n) is 4.11. The molecule has 0 aliphatic carbocycles. The van der Waals surface area contributed by atoms with Gasteiger partial charge in [-0.1, -0.05) is 6.07 Å². The third-order valence-corrected chi connectivity index (χ3v) is 4.11. The predicted octanol–water partition coefficient (Wildman–Crippen LogP) is 2.41. The van der Waals surface area contributed by atoms with E-state index >= 15 is 0 Å². The molecule has 0 unspecified atom stereocenters. The van der Waals surface area contributed by atoms with Gasteiger partial charge in [-0.3, -0.25) is 9.48 Å². The Bertz CT molecular complexity index is 802. The van der Waals surface area contributed by atoms with Crippen molar-refractivity contribution in [3.8, 4) is 5.75 Å². The van der Waals surface area contributed by atoms with Crippen LogP contribution in [-0.4, -0.2) is 35.9 Å². The molecule has 2 aromatic rings. The number of benzene rings is 1. The van der Waals surface area contributed by atoms with Gasteiger partial charge in [0.1, 0.15) is 5.75 Å². The van der Waals surface area contributed by atoms with Gasteiger partial charge in [0.05, 0.1) is 26.9 Å². The van der Waals surface area contributed by atoms with E-state index in [9.17, 15) is 18.0 Å². The van der Waals surface area contributed by atoms with E-state index < -0.39 is 11.9 Å². The van der Waals surface area contributed by atoms with Crippen LogP contribution in [0.15, 0.2) is 24.3 Å². The Balaban J connectivity index is 1.68. The normalized spacial score (nSPS) is 14.0. The number of nitrogens with one attached hydrogen (secondary N) is 1. The van der Waals surface area contributed by atoms with E-state index in [2.05, 4.69) is 10.4 Å². The zero-order valence-corrected chi connectivity index (χ0v) is 14.1. The molecule has 1 aromatic carbocycles. The van der Waals surface area contributed by atoms with Crippen LogP contribution in [0.3, 0.4) is 0 Å². The van der Waals surface area contributed by atoms with Crippen LogP contribution in [0.2, 0.25) is 0 Å². The third kappa shape index (κ3) is 3.82. The minimum absolute atomic E-state index is 0.0860. The van der Waals surface area contributed by atoms with Crippen molar-refractivity contribution in [3.63, 3.8) is 0 Å². The molecule has 0 atom stereocenters. The van der Waals surface area contributed by atoms with Crippen molar-refractivity contribution in [2.75, 3.05) is 20.3 Å². The smallest absolute Gasteiger partial charge is 0.435 e. The molecule has 140 valence electrons. The van der Waals surface area contributed by atoms with Crippen LogP contribution in [0.5, 0.6) is 5.75 Å². The molecule has 1 aromatic heterocycles. The van der Waals surface area contributed by atoms with E-state index in [1.807, 2.05) is 0 Å². The van der Waals surface area contributed by atoms with Crippen LogP contribution in [0.1, 0.15) is 27.3 Å². The number of amides is 1. The Hall–Kier alpha value is -2.55. The topological polar surface area (TPSA) is 65.4 Å². The number of hydrogen-bond acceptors (Lipinski definition) is 4. The highest BCUT2D eigenvalue weighted by Gasteiger charge is 2.39. The van der Waals surface area contributed by atoms with Gasteiger partial charge in [0.2, 0.25) is 0 Å². The largest absolute Gasteiger partial charge is 0.497 e. The van der Waals surface area contributed by atoms with Crippen LogP contribution in [0.4, 0.5) is 13.2 Å². The number of nitrogens with zero attached hydrogens (tertiary/aromatic N) is 2. The fourth-order valence-electron chi connectivity index (χ4n) is 2.86. The molecule has 9 heteroatoms. The van der Waals surface area contributed by atoms with Gasteiger partial charge in [-0.15, -0.1) is 0 Å². The number of aromatic nitrogens is 2. The lowest BCUT2D eigenvalue weighted by Crippen LogP contribution is -2.28. The summed E-state index contributed by atoms with van der Waals surface area (Å²) in [6.45, 7) is 0.558. The van der Waals surface area contributed by atoms with Gasteiger partial charge in [0.25, 0.3) is 5.91 Å². The summed E-state index contributed by atoms with van der Waals surface area (Å²) in [6.07, 6.45) is -4.16. The minimum atomic E-state index is -4.53. The Labute approximate surface area is 147 Å². The van der Waals surface area contributed by atoms with Crippen LogP contribution in [-0.2, 0) is 30.5 Å². The molecule has 0 spiro atoms. The number of fused-ring (bicyclic) bond motifs is 1. The summed E-state index contributed by atoms with van der Waals surface area (Å²) in [6, 6.07) is 6.62. The Morgan fingerprint density at radius 1 is 1.42 bits per heavy atom. The zero-order chi connectivity index (χ0) is 18.7. The summed E-state index contributed by atoms with van der Waals surface area (Å²) in [4.78, 5) is 12.2. The maximum absolute atomic E-state index is 13.1. The van der Waals surface area contributed by atoms with Crippen molar-refractivity contribution in [2.24, 2.45) is 0 Å². The SMILES string of the molecule is COc1cccc(C(=O)NCCn2nc(C(F)(F)F)c3c2CCOC3)c1. The van der Waals surface area contributed by atoms with Gasteiger partial charge in [-0.05, 0) is 18.2 Å². The summed E-state index contributed by atoms with van der Waals surface area (Å²) < 4.78 is 50.9. The predicted molar refractivity (Wildman–Crippen MR) is 85.9 cm³/mol. The molecule has 2 heterocycles. The molecule has 26 heavy (non-hydrogen) atoms. The monoisotopic (exact) mass is 369 g/mol. The van der Waals surface area contributed by atoms with Crippen molar-refractivity contribution >= 4 is 5.91 Å². The highest BCUT2D eigenvalue weighted by atomic mass is 19.4. The lowest BCUT2D eigenvalue weighted by molar-refractivity contribution is -0.142. The van der Waals surface area contributed by atoms with Gasteiger partial charge in [-0.2, -0.15) is 18.3 Å². The van der Waals surface area contributed by atoms with E-state index in [0.29, 0.717) is 30.0 Å². The highest BCUT2D eigenvalue weighted by Crippen LogP contribution is 2.34. The summed E-state index contributed by atoms with van der Waals surface area (Å²) in [5.41, 5.74) is 0.102. The summed E-state index contributed by atoms with van der Waals surface area (Å²) in [5.74, 6) is 0.220. The second kappa shape index (κ2) is 7.36. The molecule has 0 radical (unpaired) electrons. The van der Waals surface area contributed by atoms with E-state index in [-0.39, 0.29) is 31.2 Å². The Morgan fingerprint density at radius 2 is 2.23 bits per heavy atom. The lowest BCUT2D eigenvalue weighted by Gasteiger charge is -2.15. The maximum atomic E-state index is 13.1. The molecule has 1 aliphatic rings. The summed E-state index contributed by atoms with van der Waals surface area (Å²) >= 11 is 0. The van der Waals surface area contributed by atoms with E-state index in [1.165, 1.54) is 11.8 Å². The van der Waals surface area contributed by atoms with Crippen molar-refractivity contribution in [3.05, 3.63) is 46.8 Å². The number of halogens is 3. The fourth-order valence-corrected chi connectivity index (χ4v) is 2.86. The number of ether oxygens (including phenoxy) is 2. The zero-order valence-electron chi connectivity index (χ0n) is 14.1. The average molecular weight is 369 g/mol. The first kappa shape index (κ1) is 18.2. The highest BCUT2D eigenvalue weighted by molar-refractivity contribution is 5.94. The molecule has 1 N–H and O–H groups in total. The first-order chi connectivity index (χ1) is 12.4. The molecule has 0 bridgehead atoms. The van der Waals surface area contributed by atoms with Gasteiger partial charge in [0.15, 0.2) is 5.69 Å². The molecule has 0 saturated carbocycles. The fraction of sp³-hybridized carbons (Fsp3) is 0.412. The lowest BCUT2D eigenvalue weighted by atomic mass is 10.1. The molecule has 0 fully saturated rings. The Morgan fingerprint density at radius 3 is 2.96 bits per heavy atom. The number of hydrogen-bond donors (Lipinski definition) is 1. The van der Waals surface area contributed by atoms with Crippen molar-refractivity contribution < 1.29 is 27.4 Å². The molecule has 1 aliphatic heterocycles. The number of carbonyl (C=O) groups excluding carboxylic acids is 1. The van der Waals surface area contributed by atoms with Crippen molar-refractivity contribution in [1.29, 1.82) is 0 Å². The summed E-state index contributed by atoms with van der Waals surface area (Å²) in [7, 11) is 1.50. The summed E-state index contributed by atoms with van der Waals surface area (Å²) in [5, 5.41) is 6.39. The minimum Gasteiger partial charge on any atom is -0.497 e. The van der Waals surface area contributed by atoms with E-state index in [1.54, 1.807) is 24.3 Å². The first-order valence-corrected chi connectivity index (χ1v) is 8.06. The van der Waals surface area contributed by atoms with Crippen molar-refractivity contribution in [2.45, 2.75) is 25.7 Å². The van der Waals surface area contributed by atoms with Crippen LogP contribution in [0, 0.1) is 0 Å². The van der Waals surface area contributed by atoms with Crippen LogP contribution < -0.4 is 10.1 Å². The number of carbonyl (C=O) groups is 1. The Kier molecular flexibility index (Phi) is 5.17. The van der Waals surface area contributed by atoms with Crippen LogP contribution in [0.25, 0.3) is 0 Å². The quantitative estimate of drug-likeness (QED) is 0.879. The standard InChI is InChI=1S/C17H18F3N3O3/c1-25-12-4-2-3-11(9-12)16(24)21-6-7-23-14-5-8-26-10-13(14)15(22-23)17(18,19)20/h2-4,9H,5-8,10H2,1H3,(H,21,24). The molecular formula is C17H18F3N3O3. The molecule has 3 rings (SSSR count). The van der Waals surface area contributed by atoms with Crippen molar-refractivity contribution in [1.82, 2.24) is 15.1 Å². The number of rotatable bonds is 5. The first-order valence-electron chi connectivity index (χ1n) is 8.06. The number of methoxy groups -OCH3 is 1. The molecule has 1 amide bonds. The van der Waals surface area contributed by atoms with E-state index in [4.69, 9.17) is 9.47 Å². The molecule has 0 saturated heterocycles.